The van der Waals surface area contributed by atoms with Crippen LogP contribution in [0.25, 0.3) is 0 Å². The molecule has 1 fully saturated rings. The van der Waals surface area contributed by atoms with Crippen LogP contribution in [0.5, 0.6) is 5.75 Å². The van der Waals surface area contributed by atoms with E-state index >= 15 is 0 Å². The van der Waals surface area contributed by atoms with Gasteiger partial charge in [0.05, 0.1) is 0 Å². The zero-order chi connectivity index (χ0) is 19.8. The molecular formula is C22H25N3O3. The van der Waals surface area contributed by atoms with Crippen molar-refractivity contribution in [2.24, 2.45) is 0 Å². The van der Waals surface area contributed by atoms with Crippen LogP contribution in [0.15, 0.2) is 67.3 Å². The first-order valence-electron chi connectivity index (χ1n) is 9.41. The summed E-state index contributed by atoms with van der Waals surface area (Å²) in [4.78, 5) is 26.5. The molecule has 146 valence electrons. The predicted molar refractivity (Wildman–Crippen MR) is 110 cm³/mol. The van der Waals surface area contributed by atoms with Crippen molar-refractivity contribution in [3.05, 3.63) is 72.8 Å². The van der Waals surface area contributed by atoms with E-state index in [1.165, 1.54) is 0 Å². The molecule has 0 aromatic heterocycles. The lowest BCUT2D eigenvalue weighted by Crippen LogP contribution is -2.47. The lowest BCUT2D eigenvalue weighted by Gasteiger charge is -2.32. The van der Waals surface area contributed by atoms with Gasteiger partial charge in [-0.05, 0) is 49.2 Å². The van der Waals surface area contributed by atoms with Crippen molar-refractivity contribution in [1.82, 2.24) is 10.2 Å². The highest BCUT2D eigenvalue weighted by molar-refractivity contribution is 5.94. The second kappa shape index (κ2) is 9.60. The van der Waals surface area contributed by atoms with Crippen molar-refractivity contribution in [3.8, 4) is 5.75 Å². The van der Waals surface area contributed by atoms with E-state index in [0.29, 0.717) is 31.0 Å². The summed E-state index contributed by atoms with van der Waals surface area (Å²) in [5.41, 5.74) is 1.37. The molecule has 1 aliphatic heterocycles. The van der Waals surface area contributed by atoms with Crippen LogP contribution < -0.4 is 15.4 Å². The Morgan fingerprint density at radius 1 is 1.07 bits per heavy atom. The fourth-order valence-corrected chi connectivity index (χ4v) is 3.08. The smallest absolute Gasteiger partial charge is 0.321 e. The van der Waals surface area contributed by atoms with Gasteiger partial charge in [0.2, 0.25) is 0 Å². The van der Waals surface area contributed by atoms with Gasteiger partial charge in [0.25, 0.3) is 5.91 Å². The summed E-state index contributed by atoms with van der Waals surface area (Å²) in [5.74, 6) is 0.594. The van der Waals surface area contributed by atoms with Crippen molar-refractivity contribution in [3.63, 3.8) is 0 Å². The quantitative estimate of drug-likeness (QED) is 0.752. The minimum atomic E-state index is -0.109. The van der Waals surface area contributed by atoms with Crippen LogP contribution in [0, 0.1) is 0 Å². The molecule has 2 N–H and O–H groups in total. The highest BCUT2D eigenvalue weighted by Gasteiger charge is 2.24. The number of carbonyl (C=O) groups excluding carboxylic acids is 2. The number of urea groups is 1. The number of ether oxygens (including phenoxy) is 1. The predicted octanol–water partition coefficient (Wildman–Crippen LogP) is 3.68. The molecule has 2 aromatic carbocycles. The average molecular weight is 379 g/mol. The van der Waals surface area contributed by atoms with Gasteiger partial charge in [0.15, 0.2) is 0 Å². The second-order valence-corrected chi connectivity index (χ2v) is 6.66. The van der Waals surface area contributed by atoms with Crippen LogP contribution >= 0.6 is 0 Å². The molecule has 2 aromatic rings. The number of anilines is 1. The molecule has 3 rings (SSSR count). The molecule has 1 heterocycles. The summed E-state index contributed by atoms with van der Waals surface area (Å²) in [6, 6.07) is 16.4. The first-order valence-corrected chi connectivity index (χ1v) is 9.41. The number of hydrogen-bond acceptors (Lipinski definition) is 3. The van der Waals surface area contributed by atoms with Crippen LogP contribution in [-0.2, 0) is 0 Å². The van der Waals surface area contributed by atoms with E-state index in [-0.39, 0.29) is 18.0 Å². The zero-order valence-electron chi connectivity index (χ0n) is 15.8. The standard InChI is InChI=1S/C22H25N3O3/c1-2-16-28-20-10-8-17(9-11-20)21(26)23-19-12-14-25(15-13-19)22(27)24-18-6-4-3-5-7-18/h2-11,19H,1,12-16H2,(H,23,26)(H,24,27). The summed E-state index contributed by atoms with van der Waals surface area (Å²) < 4.78 is 5.42. The molecule has 0 aliphatic carbocycles. The van der Waals surface area contributed by atoms with Gasteiger partial charge in [0.1, 0.15) is 12.4 Å². The van der Waals surface area contributed by atoms with Gasteiger partial charge in [-0.2, -0.15) is 0 Å². The van der Waals surface area contributed by atoms with Gasteiger partial charge in [-0.3, -0.25) is 4.79 Å². The Labute approximate surface area is 165 Å². The molecule has 0 bridgehead atoms. The molecule has 0 atom stereocenters. The third-order valence-electron chi connectivity index (χ3n) is 4.63. The second-order valence-electron chi connectivity index (χ2n) is 6.66. The van der Waals surface area contributed by atoms with E-state index in [1.54, 1.807) is 35.2 Å². The van der Waals surface area contributed by atoms with Gasteiger partial charge in [-0.15, -0.1) is 0 Å². The van der Waals surface area contributed by atoms with Gasteiger partial charge < -0.3 is 20.3 Å². The molecule has 1 aliphatic rings. The maximum atomic E-state index is 12.4. The fraction of sp³-hybridized carbons (Fsp3) is 0.273. The highest BCUT2D eigenvalue weighted by atomic mass is 16.5. The maximum Gasteiger partial charge on any atom is 0.321 e. The van der Waals surface area contributed by atoms with E-state index in [1.807, 2.05) is 30.3 Å². The molecular weight excluding hydrogens is 354 g/mol. The largest absolute Gasteiger partial charge is 0.490 e. The fourth-order valence-electron chi connectivity index (χ4n) is 3.08. The molecule has 0 spiro atoms. The van der Waals surface area contributed by atoms with Crippen LogP contribution in [0.2, 0.25) is 0 Å². The van der Waals surface area contributed by atoms with E-state index in [2.05, 4.69) is 17.2 Å². The molecule has 0 unspecified atom stereocenters. The van der Waals surface area contributed by atoms with Gasteiger partial charge >= 0.3 is 6.03 Å². The monoisotopic (exact) mass is 379 g/mol. The van der Waals surface area contributed by atoms with E-state index < -0.39 is 0 Å². The minimum absolute atomic E-state index is 0.0602. The van der Waals surface area contributed by atoms with Crippen molar-refractivity contribution in [2.45, 2.75) is 18.9 Å². The number of nitrogens with one attached hydrogen (secondary N) is 2. The first kappa shape index (κ1) is 19.5. The first-order chi connectivity index (χ1) is 13.7. The lowest BCUT2D eigenvalue weighted by atomic mass is 10.0. The van der Waals surface area contributed by atoms with Crippen molar-refractivity contribution < 1.29 is 14.3 Å². The SMILES string of the molecule is C=CCOc1ccc(C(=O)NC2CCN(C(=O)Nc3ccccc3)CC2)cc1. The summed E-state index contributed by atoms with van der Waals surface area (Å²) >= 11 is 0. The van der Waals surface area contributed by atoms with Gasteiger partial charge in [-0.1, -0.05) is 30.9 Å². The molecule has 6 nitrogen and oxygen atoms in total. The number of para-hydroxylation sites is 1. The topological polar surface area (TPSA) is 70.7 Å². The number of nitrogens with zero attached hydrogens (tertiary/aromatic N) is 1. The number of likely N-dealkylation sites (tertiary alicyclic amines) is 1. The van der Waals surface area contributed by atoms with Crippen LogP contribution in [0.1, 0.15) is 23.2 Å². The van der Waals surface area contributed by atoms with Gasteiger partial charge in [0, 0.05) is 30.4 Å². The molecule has 0 saturated carbocycles. The Kier molecular flexibility index (Phi) is 6.68. The molecule has 0 radical (unpaired) electrons. The number of piperidine rings is 1. The Bertz CT molecular complexity index is 798. The summed E-state index contributed by atoms with van der Waals surface area (Å²) in [5, 5.41) is 5.95. The number of benzene rings is 2. The summed E-state index contributed by atoms with van der Waals surface area (Å²) in [6.45, 7) is 5.26. The van der Waals surface area contributed by atoms with E-state index in [4.69, 9.17) is 4.74 Å². The number of amides is 3. The number of carbonyl (C=O) groups is 2. The molecule has 28 heavy (non-hydrogen) atoms. The van der Waals surface area contributed by atoms with Crippen LogP contribution in [0.4, 0.5) is 10.5 Å². The summed E-state index contributed by atoms with van der Waals surface area (Å²) in [6.07, 6.45) is 3.13. The average Bonchev–Trinajstić information content (AvgIpc) is 2.74. The van der Waals surface area contributed by atoms with Gasteiger partial charge in [-0.25, -0.2) is 4.79 Å². The third-order valence-corrected chi connectivity index (χ3v) is 4.63. The van der Waals surface area contributed by atoms with Crippen molar-refractivity contribution >= 4 is 17.6 Å². The van der Waals surface area contributed by atoms with E-state index in [0.717, 1.165) is 18.5 Å². The van der Waals surface area contributed by atoms with Crippen molar-refractivity contribution in [1.29, 1.82) is 0 Å². The molecule has 1 saturated heterocycles. The molecule has 6 heteroatoms. The van der Waals surface area contributed by atoms with E-state index in [9.17, 15) is 9.59 Å². The number of rotatable bonds is 6. The summed E-state index contributed by atoms with van der Waals surface area (Å²) in [7, 11) is 0. The highest BCUT2D eigenvalue weighted by Crippen LogP contribution is 2.15. The Morgan fingerprint density at radius 3 is 2.39 bits per heavy atom. The Balaban J connectivity index is 1.45. The maximum absolute atomic E-state index is 12.4. The third kappa shape index (κ3) is 5.36. The normalized spacial score (nSPS) is 14.2. The van der Waals surface area contributed by atoms with Crippen LogP contribution in [0.3, 0.4) is 0 Å². The lowest BCUT2D eigenvalue weighted by molar-refractivity contribution is 0.0919. The van der Waals surface area contributed by atoms with Crippen LogP contribution in [-0.4, -0.2) is 42.6 Å². The molecule has 3 amide bonds. The minimum Gasteiger partial charge on any atom is -0.490 e. The van der Waals surface area contributed by atoms with Crippen molar-refractivity contribution in [2.75, 3.05) is 25.0 Å². The Hall–Kier alpha value is -3.28. The Morgan fingerprint density at radius 2 is 1.75 bits per heavy atom. The number of hydrogen-bond donors (Lipinski definition) is 2. The zero-order valence-corrected chi connectivity index (χ0v) is 15.8.